The van der Waals surface area contributed by atoms with Gasteiger partial charge in [0, 0.05) is 17.2 Å². The predicted molar refractivity (Wildman–Crippen MR) is 104 cm³/mol. The number of ether oxygens (including phenoxy) is 1. The largest absolute Gasteiger partial charge is 0.458 e. The highest BCUT2D eigenvalue weighted by atomic mass is 16.5. The second-order valence-electron chi connectivity index (χ2n) is 8.68. The number of hydrogen-bond donors (Lipinski definition) is 0. The number of allylic oxidation sites excluding steroid dienone is 5. The third-order valence-electron chi connectivity index (χ3n) is 4.24. The topological polar surface area (TPSA) is 43.4 Å². The van der Waals surface area contributed by atoms with Crippen LogP contribution in [-0.2, 0) is 20.9 Å². The number of ketones is 1. The molecule has 138 valence electrons. The average molecular weight is 352 g/mol. The predicted octanol–water partition coefficient (Wildman–Crippen LogP) is 5.18. The van der Waals surface area contributed by atoms with E-state index in [4.69, 9.17) is 4.74 Å². The lowest BCUT2D eigenvalue weighted by Crippen LogP contribution is -2.28. The quantitative estimate of drug-likeness (QED) is 0.556. The number of rotatable bonds is 3. The van der Waals surface area contributed by atoms with E-state index in [9.17, 15) is 9.59 Å². The Labute approximate surface area is 156 Å². The molecule has 1 aromatic carbocycles. The van der Waals surface area contributed by atoms with E-state index < -0.39 is 5.97 Å². The van der Waals surface area contributed by atoms with Gasteiger partial charge in [-0.3, -0.25) is 4.79 Å². The molecule has 1 aromatic rings. The van der Waals surface area contributed by atoms with Crippen LogP contribution in [0.15, 0.2) is 65.3 Å². The lowest BCUT2D eigenvalue weighted by Gasteiger charge is -2.31. The highest BCUT2D eigenvalue weighted by Crippen LogP contribution is 2.38. The van der Waals surface area contributed by atoms with Gasteiger partial charge in [-0.2, -0.15) is 0 Å². The summed E-state index contributed by atoms with van der Waals surface area (Å²) in [7, 11) is 0. The van der Waals surface area contributed by atoms with E-state index >= 15 is 0 Å². The molecule has 0 fully saturated rings. The molecule has 26 heavy (non-hydrogen) atoms. The summed E-state index contributed by atoms with van der Waals surface area (Å²) in [6, 6.07) is 9.56. The minimum absolute atomic E-state index is 0.0554. The molecule has 1 aliphatic carbocycles. The molecule has 0 saturated heterocycles. The highest BCUT2D eigenvalue weighted by Gasteiger charge is 2.34. The maximum Gasteiger partial charge on any atom is 0.331 e. The second-order valence-corrected chi connectivity index (χ2v) is 8.68. The van der Waals surface area contributed by atoms with Gasteiger partial charge < -0.3 is 4.74 Å². The summed E-state index contributed by atoms with van der Waals surface area (Å²) in [4.78, 5) is 25.1. The SMILES string of the molecule is CC(C)(C)C1=CC(=CC(=O)OCc2ccccc2)C=C(C(C)(C)C)C1=O. The molecule has 1 aliphatic rings. The van der Waals surface area contributed by atoms with Gasteiger partial charge in [0.2, 0.25) is 0 Å². The van der Waals surface area contributed by atoms with Crippen LogP contribution in [0.1, 0.15) is 47.1 Å². The summed E-state index contributed by atoms with van der Waals surface area (Å²) in [5, 5.41) is 0. The fourth-order valence-corrected chi connectivity index (χ4v) is 2.76. The number of hydrogen-bond acceptors (Lipinski definition) is 3. The van der Waals surface area contributed by atoms with Gasteiger partial charge in [0.15, 0.2) is 5.78 Å². The van der Waals surface area contributed by atoms with Crippen molar-refractivity contribution >= 4 is 11.8 Å². The maximum absolute atomic E-state index is 12.9. The van der Waals surface area contributed by atoms with E-state index in [0.29, 0.717) is 16.7 Å². The maximum atomic E-state index is 12.9. The third kappa shape index (κ3) is 5.04. The minimum Gasteiger partial charge on any atom is -0.458 e. The second kappa shape index (κ2) is 7.45. The van der Waals surface area contributed by atoms with E-state index in [2.05, 4.69) is 0 Å². The van der Waals surface area contributed by atoms with E-state index in [1.165, 1.54) is 6.08 Å². The zero-order valence-electron chi connectivity index (χ0n) is 16.6. The van der Waals surface area contributed by atoms with Gasteiger partial charge in [-0.15, -0.1) is 0 Å². The Morgan fingerprint density at radius 2 is 1.42 bits per heavy atom. The van der Waals surface area contributed by atoms with Crippen molar-refractivity contribution in [1.82, 2.24) is 0 Å². The first-order chi connectivity index (χ1) is 12.0. The van der Waals surface area contributed by atoms with Crippen LogP contribution < -0.4 is 0 Å². The Morgan fingerprint density at radius 3 is 1.88 bits per heavy atom. The summed E-state index contributed by atoms with van der Waals surface area (Å²) in [5.74, 6) is -0.355. The standard InChI is InChI=1S/C23H28O3/c1-22(2,3)18-12-17(13-19(21(18)25)23(4,5)6)14-20(24)26-15-16-10-8-7-9-11-16/h7-14H,15H2,1-6H3. The lowest BCUT2D eigenvalue weighted by atomic mass is 9.72. The number of carbonyl (C=O) groups excluding carboxylic acids is 2. The molecule has 0 N–H and O–H groups in total. The van der Waals surface area contributed by atoms with Crippen molar-refractivity contribution in [1.29, 1.82) is 0 Å². The van der Waals surface area contributed by atoms with Crippen molar-refractivity contribution in [2.45, 2.75) is 48.1 Å². The van der Waals surface area contributed by atoms with Gasteiger partial charge in [-0.25, -0.2) is 4.79 Å². The fraction of sp³-hybridized carbons (Fsp3) is 0.391. The van der Waals surface area contributed by atoms with Crippen molar-refractivity contribution < 1.29 is 14.3 Å². The molecule has 3 heteroatoms. The summed E-state index contributed by atoms with van der Waals surface area (Å²) in [5.41, 5.74) is 2.48. The van der Waals surface area contributed by atoms with Crippen LogP contribution in [0.5, 0.6) is 0 Å². The van der Waals surface area contributed by atoms with Gasteiger partial charge in [-0.1, -0.05) is 71.9 Å². The van der Waals surface area contributed by atoms with Crippen LogP contribution in [0, 0.1) is 10.8 Å². The Kier molecular flexibility index (Phi) is 5.70. The summed E-state index contributed by atoms with van der Waals surface area (Å²) in [6.45, 7) is 12.3. The van der Waals surface area contributed by atoms with Gasteiger partial charge >= 0.3 is 5.97 Å². The van der Waals surface area contributed by atoms with Crippen LogP contribution in [-0.4, -0.2) is 11.8 Å². The van der Waals surface area contributed by atoms with Crippen LogP contribution in [0.3, 0.4) is 0 Å². The Hall–Kier alpha value is -2.42. The van der Waals surface area contributed by atoms with Gasteiger partial charge in [0.05, 0.1) is 0 Å². The molecular formula is C23H28O3. The molecule has 3 nitrogen and oxygen atoms in total. The van der Waals surface area contributed by atoms with E-state index in [-0.39, 0.29) is 23.2 Å². The lowest BCUT2D eigenvalue weighted by molar-refractivity contribution is -0.139. The molecule has 0 radical (unpaired) electrons. The molecule has 0 amide bonds. The molecule has 2 rings (SSSR count). The van der Waals surface area contributed by atoms with E-state index in [1.807, 2.05) is 71.9 Å². The van der Waals surface area contributed by atoms with Crippen molar-refractivity contribution in [3.05, 3.63) is 70.8 Å². The summed E-state index contributed by atoms with van der Waals surface area (Å²) >= 11 is 0. The molecule has 0 unspecified atom stereocenters. The van der Waals surface area contributed by atoms with Crippen LogP contribution in [0.2, 0.25) is 0 Å². The van der Waals surface area contributed by atoms with Crippen molar-refractivity contribution in [3.8, 4) is 0 Å². The normalized spacial score (nSPS) is 15.3. The zero-order chi connectivity index (χ0) is 19.5. The number of Topliss-reactive ketones (excluding diaryl/α,β-unsaturated/α-hetero) is 1. The minimum atomic E-state index is -0.410. The number of benzene rings is 1. The molecule has 0 heterocycles. The molecule has 0 atom stereocenters. The monoisotopic (exact) mass is 352 g/mol. The van der Waals surface area contributed by atoms with Crippen LogP contribution in [0.4, 0.5) is 0 Å². The first-order valence-corrected chi connectivity index (χ1v) is 8.90. The van der Waals surface area contributed by atoms with Gasteiger partial charge in [0.25, 0.3) is 0 Å². The molecule has 0 aromatic heterocycles. The van der Waals surface area contributed by atoms with Gasteiger partial charge in [-0.05, 0) is 34.1 Å². The van der Waals surface area contributed by atoms with E-state index in [1.54, 1.807) is 12.2 Å². The van der Waals surface area contributed by atoms with Crippen LogP contribution in [0.25, 0.3) is 0 Å². The van der Waals surface area contributed by atoms with Gasteiger partial charge in [0.1, 0.15) is 6.61 Å². The first kappa shape index (κ1) is 19.9. The smallest absolute Gasteiger partial charge is 0.331 e. The molecule has 0 saturated carbocycles. The van der Waals surface area contributed by atoms with Crippen molar-refractivity contribution in [2.75, 3.05) is 0 Å². The molecule has 0 bridgehead atoms. The van der Waals surface area contributed by atoms with Crippen molar-refractivity contribution in [3.63, 3.8) is 0 Å². The number of esters is 1. The first-order valence-electron chi connectivity index (χ1n) is 8.90. The third-order valence-corrected chi connectivity index (χ3v) is 4.24. The number of carbonyl (C=O) groups is 2. The summed E-state index contributed by atoms with van der Waals surface area (Å²) in [6.07, 6.45) is 5.08. The van der Waals surface area contributed by atoms with Crippen molar-refractivity contribution in [2.24, 2.45) is 10.8 Å². The Morgan fingerprint density at radius 1 is 0.923 bits per heavy atom. The fourth-order valence-electron chi connectivity index (χ4n) is 2.76. The molecular weight excluding hydrogens is 324 g/mol. The van der Waals surface area contributed by atoms with E-state index in [0.717, 1.165) is 5.56 Å². The molecule has 0 spiro atoms. The summed E-state index contributed by atoms with van der Waals surface area (Å²) < 4.78 is 5.34. The van der Waals surface area contributed by atoms with Crippen LogP contribution >= 0.6 is 0 Å². The zero-order valence-corrected chi connectivity index (χ0v) is 16.6. The molecule has 0 aliphatic heterocycles. The highest BCUT2D eigenvalue weighted by molar-refractivity contribution is 6.12. The Balaban J connectivity index is 2.27. The average Bonchev–Trinajstić information content (AvgIpc) is 2.53. The Bertz CT molecular complexity index is 743.